The summed E-state index contributed by atoms with van der Waals surface area (Å²) < 4.78 is 10.6. The van der Waals surface area contributed by atoms with Gasteiger partial charge in [0.15, 0.2) is 0 Å². The smallest absolute Gasteiger partial charge is 0.318 e. The van der Waals surface area contributed by atoms with Crippen molar-refractivity contribution in [2.24, 2.45) is 0 Å². The summed E-state index contributed by atoms with van der Waals surface area (Å²) in [6, 6.07) is 13.2. The van der Waals surface area contributed by atoms with Gasteiger partial charge in [0.2, 0.25) is 0 Å². The number of furan rings is 1. The zero-order chi connectivity index (χ0) is 17.2. The van der Waals surface area contributed by atoms with Crippen molar-refractivity contribution in [3.63, 3.8) is 0 Å². The van der Waals surface area contributed by atoms with E-state index in [2.05, 4.69) is 17.2 Å². The van der Waals surface area contributed by atoms with Crippen LogP contribution < -0.4 is 5.32 Å². The maximum absolute atomic E-state index is 12.3. The standard InChI is InChI=1S/C19H22N2O3/c1-16-10-11-18(24-16)15-21(13-14-23-2)19(22)20-12-6-9-17-7-4-3-5-8-17/h3-5,7-8,10-11H,12-15H2,1-2H3,(H,20,22). The van der Waals surface area contributed by atoms with E-state index >= 15 is 0 Å². The molecule has 1 aromatic heterocycles. The van der Waals surface area contributed by atoms with Crippen molar-refractivity contribution in [1.29, 1.82) is 0 Å². The molecule has 0 bridgehead atoms. The van der Waals surface area contributed by atoms with Crippen LogP contribution in [0.3, 0.4) is 0 Å². The molecule has 0 spiro atoms. The molecule has 0 saturated heterocycles. The number of benzene rings is 1. The van der Waals surface area contributed by atoms with Gasteiger partial charge < -0.3 is 19.4 Å². The Morgan fingerprint density at radius 1 is 1.25 bits per heavy atom. The van der Waals surface area contributed by atoms with Gasteiger partial charge in [0.25, 0.3) is 0 Å². The van der Waals surface area contributed by atoms with E-state index in [1.807, 2.05) is 49.4 Å². The highest BCUT2D eigenvalue weighted by atomic mass is 16.5. The minimum Gasteiger partial charge on any atom is -0.464 e. The van der Waals surface area contributed by atoms with E-state index < -0.39 is 0 Å². The molecule has 5 nitrogen and oxygen atoms in total. The molecule has 0 aliphatic carbocycles. The molecule has 2 rings (SSSR count). The lowest BCUT2D eigenvalue weighted by atomic mass is 10.2. The Bertz CT molecular complexity index is 698. The number of nitrogens with one attached hydrogen (secondary N) is 1. The van der Waals surface area contributed by atoms with Crippen LogP contribution in [0.1, 0.15) is 17.1 Å². The van der Waals surface area contributed by atoms with Gasteiger partial charge in [0.05, 0.1) is 19.7 Å². The van der Waals surface area contributed by atoms with E-state index in [-0.39, 0.29) is 12.6 Å². The monoisotopic (exact) mass is 326 g/mol. The van der Waals surface area contributed by atoms with Gasteiger partial charge in [-0.1, -0.05) is 30.0 Å². The number of hydrogen-bond donors (Lipinski definition) is 1. The number of hydrogen-bond acceptors (Lipinski definition) is 3. The number of nitrogens with zero attached hydrogens (tertiary/aromatic N) is 1. The zero-order valence-electron chi connectivity index (χ0n) is 14.0. The van der Waals surface area contributed by atoms with Crippen molar-refractivity contribution < 1.29 is 13.9 Å². The number of aryl methyl sites for hydroxylation is 1. The highest BCUT2D eigenvalue weighted by molar-refractivity contribution is 5.74. The Morgan fingerprint density at radius 3 is 2.71 bits per heavy atom. The van der Waals surface area contributed by atoms with Crippen LogP contribution in [-0.4, -0.2) is 37.7 Å². The topological polar surface area (TPSA) is 54.7 Å². The van der Waals surface area contributed by atoms with Gasteiger partial charge in [-0.3, -0.25) is 0 Å². The zero-order valence-corrected chi connectivity index (χ0v) is 14.0. The Morgan fingerprint density at radius 2 is 2.04 bits per heavy atom. The van der Waals surface area contributed by atoms with Gasteiger partial charge >= 0.3 is 6.03 Å². The number of urea groups is 1. The molecule has 0 radical (unpaired) electrons. The summed E-state index contributed by atoms with van der Waals surface area (Å²) in [7, 11) is 1.61. The average molecular weight is 326 g/mol. The van der Waals surface area contributed by atoms with E-state index in [0.29, 0.717) is 19.7 Å². The SMILES string of the molecule is COCCN(Cc1ccc(C)o1)C(=O)NCC#Cc1ccccc1. The van der Waals surface area contributed by atoms with E-state index in [4.69, 9.17) is 9.15 Å². The first-order valence-electron chi connectivity index (χ1n) is 7.80. The van der Waals surface area contributed by atoms with Gasteiger partial charge in [-0.05, 0) is 31.2 Å². The van der Waals surface area contributed by atoms with Crippen LogP contribution in [0, 0.1) is 18.8 Å². The van der Waals surface area contributed by atoms with Crippen molar-refractivity contribution in [2.75, 3.05) is 26.8 Å². The second-order valence-electron chi connectivity index (χ2n) is 5.25. The molecule has 2 amide bonds. The average Bonchev–Trinajstić information content (AvgIpc) is 3.01. The molecule has 126 valence electrons. The lowest BCUT2D eigenvalue weighted by Gasteiger charge is -2.21. The third-order valence-electron chi connectivity index (χ3n) is 3.33. The number of carbonyl (C=O) groups is 1. The molecule has 1 N–H and O–H groups in total. The van der Waals surface area contributed by atoms with E-state index in [0.717, 1.165) is 17.1 Å². The Labute approximate surface area is 142 Å². The Hall–Kier alpha value is -2.71. The first kappa shape index (κ1) is 17.6. The normalized spacial score (nSPS) is 9.92. The van der Waals surface area contributed by atoms with Crippen molar-refractivity contribution >= 4 is 6.03 Å². The molecule has 0 aliphatic heterocycles. The molecule has 0 fully saturated rings. The van der Waals surface area contributed by atoms with Crippen molar-refractivity contribution in [3.05, 3.63) is 59.5 Å². The fourth-order valence-corrected chi connectivity index (χ4v) is 2.11. The van der Waals surface area contributed by atoms with Crippen LogP contribution in [0.2, 0.25) is 0 Å². The molecule has 2 aromatic rings. The summed E-state index contributed by atoms with van der Waals surface area (Å²) in [6.45, 7) is 3.50. The molecule has 1 heterocycles. The predicted molar refractivity (Wildman–Crippen MR) is 92.4 cm³/mol. The summed E-state index contributed by atoms with van der Waals surface area (Å²) in [6.07, 6.45) is 0. The van der Waals surface area contributed by atoms with E-state index in [1.54, 1.807) is 12.0 Å². The van der Waals surface area contributed by atoms with Crippen molar-refractivity contribution in [3.8, 4) is 11.8 Å². The van der Waals surface area contributed by atoms with Gasteiger partial charge in [0.1, 0.15) is 11.5 Å². The van der Waals surface area contributed by atoms with Crippen LogP contribution in [0.4, 0.5) is 4.79 Å². The van der Waals surface area contributed by atoms with Crippen LogP contribution in [-0.2, 0) is 11.3 Å². The second kappa shape index (κ2) is 9.43. The van der Waals surface area contributed by atoms with Crippen molar-refractivity contribution in [2.45, 2.75) is 13.5 Å². The molecular formula is C19H22N2O3. The largest absolute Gasteiger partial charge is 0.464 e. The molecule has 0 saturated carbocycles. The lowest BCUT2D eigenvalue weighted by Crippen LogP contribution is -2.41. The minimum atomic E-state index is -0.191. The molecule has 0 aliphatic rings. The summed E-state index contributed by atoms with van der Waals surface area (Å²) in [5, 5.41) is 2.81. The summed E-state index contributed by atoms with van der Waals surface area (Å²) in [4.78, 5) is 14.0. The third-order valence-corrected chi connectivity index (χ3v) is 3.33. The van der Waals surface area contributed by atoms with Crippen molar-refractivity contribution in [1.82, 2.24) is 10.2 Å². The van der Waals surface area contributed by atoms with Gasteiger partial charge in [-0.25, -0.2) is 4.79 Å². The highest BCUT2D eigenvalue weighted by Crippen LogP contribution is 2.09. The first-order chi connectivity index (χ1) is 11.7. The number of amides is 2. The van der Waals surface area contributed by atoms with E-state index in [9.17, 15) is 4.79 Å². The lowest BCUT2D eigenvalue weighted by molar-refractivity contribution is 0.143. The third kappa shape index (κ3) is 5.82. The van der Waals surface area contributed by atoms with Crippen LogP contribution >= 0.6 is 0 Å². The maximum atomic E-state index is 12.3. The summed E-state index contributed by atoms with van der Waals surface area (Å²) in [5.41, 5.74) is 0.925. The Balaban J connectivity index is 1.88. The van der Waals surface area contributed by atoms with Gasteiger partial charge in [-0.2, -0.15) is 0 Å². The van der Waals surface area contributed by atoms with E-state index in [1.165, 1.54) is 0 Å². The fourth-order valence-electron chi connectivity index (χ4n) is 2.11. The molecule has 0 atom stereocenters. The summed E-state index contributed by atoms with van der Waals surface area (Å²) >= 11 is 0. The predicted octanol–water partition coefficient (Wildman–Crippen LogP) is 2.80. The molecular weight excluding hydrogens is 304 g/mol. The Kier molecular flexibility index (Phi) is 6.93. The number of ether oxygens (including phenoxy) is 1. The van der Waals surface area contributed by atoms with Gasteiger partial charge in [-0.15, -0.1) is 0 Å². The fraction of sp³-hybridized carbons (Fsp3) is 0.316. The first-order valence-corrected chi connectivity index (χ1v) is 7.80. The quantitative estimate of drug-likeness (QED) is 0.831. The molecule has 1 aromatic carbocycles. The minimum absolute atomic E-state index is 0.191. The van der Waals surface area contributed by atoms with Gasteiger partial charge in [0, 0.05) is 19.2 Å². The molecule has 24 heavy (non-hydrogen) atoms. The molecule has 0 unspecified atom stereocenters. The van der Waals surface area contributed by atoms with Crippen LogP contribution in [0.15, 0.2) is 46.9 Å². The molecule has 5 heteroatoms. The van der Waals surface area contributed by atoms with Crippen LogP contribution in [0.25, 0.3) is 0 Å². The maximum Gasteiger partial charge on any atom is 0.318 e. The second-order valence-corrected chi connectivity index (χ2v) is 5.25. The summed E-state index contributed by atoms with van der Waals surface area (Å²) in [5.74, 6) is 7.53. The highest BCUT2D eigenvalue weighted by Gasteiger charge is 2.14. The van der Waals surface area contributed by atoms with Crippen LogP contribution in [0.5, 0.6) is 0 Å². The number of rotatable bonds is 6. The number of methoxy groups -OCH3 is 1. The number of carbonyl (C=O) groups excluding carboxylic acids is 1.